The van der Waals surface area contributed by atoms with Gasteiger partial charge < -0.3 is 14.6 Å². The molecule has 3 rings (SSSR count). The molecule has 0 saturated heterocycles. The molecule has 21 heavy (non-hydrogen) atoms. The summed E-state index contributed by atoms with van der Waals surface area (Å²) in [5, 5.41) is 3.46. The van der Waals surface area contributed by atoms with Crippen molar-refractivity contribution in [2.24, 2.45) is 0 Å². The highest BCUT2D eigenvalue weighted by Gasteiger charge is 2.33. The maximum Gasteiger partial charge on any atom is 0.112 e. The van der Waals surface area contributed by atoms with Gasteiger partial charge in [0.05, 0.1) is 17.8 Å². The Balaban J connectivity index is 2.03. The van der Waals surface area contributed by atoms with E-state index < -0.39 is 0 Å². The first-order chi connectivity index (χ1) is 10.1. The number of methoxy groups -OCH3 is 1. The Morgan fingerprint density at radius 3 is 2.76 bits per heavy atom. The molecule has 1 aromatic heterocycles. The Kier molecular flexibility index (Phi) is 4.36. The summed E-state index contributed by atoms with van der Waals surface area (Å²) in [6, 6.07) is 0. The number of nitrogens with one attached hydrogen (secondary N) is 1. The Morgan fingerprint density at radius 1 is 1.29 bits per heavy atom. The van der Waals surface area contributed by atoms with Crippen LogP contribution in [-0.2, 0) is 23.2 Å². The van der Waals surface area contributed by atoms with Gasteiger partial charge in [-0.05, 0) is 26.7 Å². The highest BCUT2D eigenvalue weighted by Crippen LogP contribution is 2.36. The van der Waals surface area contributed by atoms with Crippen LogP contribution in [0.4, 0.5) is 0 Å². The van der Waals surface area contributed by atoms with Crippen LogP contribution < -0.4 is 5.32 Å². The van der Waals surface area contributed by atoms with Crippen LogP contribution in [0.5, 0.6) is 0 Å². The van der Waals surface area contributed by atoms with E-state index in [4.69, 9.17) is 9.72 Å². The van der Waals surface area contributed by atoms with Crippen molar-refractivity contribution in [3.8, 4) is 0 Å². The number of fused-ring (bicyclic) bond motifs is 1. The van der Waals surface area contributed by atoms with Crippen LogP contribution in [0.25, 0.3) is 0 Å². The lowest BCUT2D eigenvalue weighted by Gasteiger charge is -2.33. The van der Waals surface area contributed by atoms with Crippen LogP contribution in [0.3, 0.4) is 0 Å². The van der Waals surface area contributed by atoms with E-state index in [0.717, 1.165) is 26.1 Å². The Bertz CT molecular complexity index is 486. The third-order valence-corrected chi connectivity index (χ3v) is 4.99. The molecule has 1 saturated carbocycles. The standard InChI is InChI=1S/C17H29N3O/c1-17(2,12-21-3)20-15-9-10-18-11-14(15)19-16(20)13-7-5-4-6-8-13/h13,18H,4-12H2,1-3H3. The highest BCUT2D eigenvalue weighted by molar-refractivity contribution is 5.24. The number of rotatable bonds is 4. The molecule has 1 aromatic rings. The highest BCUT2D eigenvalue weighted by atomic mass is 16.5. The van der Waals surface area contributed by atoms with Gasteiger partial charge in [0.1, 0.15) is 5.82 Å². The second-order valence-electron chi connectivity index (χ2n) is 7.21. The van der Waals surface area contributed by atoms with Crippen LogP contribution in [-0.4, -0.2) is 29.8 Å². The molecule has 1 N–H and O–H groups in total. The molecule has 118 valence electrons. The lowest BCUT2D eigenvalue weighted by Crippen LogP contribution is -2.37. The van der Waals surface area contributed by atoms with Crippen molar-refractivity contribution in [2.45, 2.75) is 70.4 Å². The minimum atomic E-state index is -0.0144. The maximum absolute atomic E-state index is 5.50. The molecule has 1 aliphatic heterocycles. The van der Waals surface area contributed by atoms with Gasteiger partial charge in [-0.15, -0.1) is 0 Å². The van der Waals surface area contributed by atoms with Gasteiger partial charge in [-0.25, -0.2) is 4.98 Å². The smallest absolute Gasteiger partial charge is 0.112 e. The van der Waals surface area contributed by atoms with E-state index in [1.165, 1.54) is 49.3 Å². The van der Waals surface area contributed by atoms with Gasteiger partial charge >= 0.3 is 0 Å². The monoisotopic (exact) mass is 291 g/mol. The topological polar surface area (TPSA) is 39.1 Å². The van der Waals surface area contributed by atoms with Gasteiger partial charge in [-0.1, -0.05) is 19.3 Å². The van der Waals surface area contributed by atoms with Gasteiger partial charge in [0.15, 0.2) is 0 Å². The van der Waals surface area contributed by atoms with Crippen LogP contribution in [0, 0.1) is 0 Å². The fourth-order valence-electron chi connectivity index (χ4n) is 4.06. The SMILES string of the molecule is COCC(C)(C)n1c(C2CCCCC2)nc2c1CCNC2. The minimum Gasteiger partial charge on any atom is -0.382 e. The van der Waals surface area contributed by atoms with E-state index in [9.17, 15) is 0 Å². The van der Waals surface area contributed by atoms with Crippen LogP contribution in [0.2, 0.25) is 0 Å². The summed E-state index contributed by atoms with van der Waals surface area (Å²) >= 11 is 0. The molecule has 0 aromatic carbocycles. The summed E-state index contributed by atoms with van der Waals surface area (Å²) in [5.74, 6) is 1.96. The zero-order valence-corrected chi connectivity index (χ0v) is 13.7. The second kappa shape index (κ2) is 6.09. The van der Waals surface area contributed by atoms with Crippen molar-refractivity contribution in [1.29, 1.82) is 0 Å². The summed E-state index contributed by atoms with van der Waals surface area (Å²) in [5.41, 5.74) is 2.70. The molecule has 0 radical (unpaired) electrons. The fraction of sp³-hybridized carbons (Fsp3) is 0.824. The molecule has 0 spiro atoms. The summed E-state index contributed by atoms with van der Waals surface area (Å²) in [6.45, 7) is 7.29. The lowest BCUT2D eigenvalue weighted by atomic mass is 9.88. The lowest BCUT2D eigenvalue weighted by molar-refractivity contribution is 0.104. The largest absolute Gasteiger partial charge is 0.382 e. The minimum absolute atomic E-state index is 0.0144. The average Bonchev–Trinajstić information content (AvgIpc) is 2.88. The third-order valence-electron chi connectivity index (χ3n) is 4.99. The number of aromatic nitrogens is 2. The van der Waals surface area contributed by atoms with Crippen molar-refractivity contribution in [3.05, 3.63) is 17.2 Å². The van der Waals surface area contributed by atoms with Crippen LogP contribution >= 0.6 is 0 Å². The van der Waals surface area contributed by atoms with Crippen molar-refractivity contribution in [2.75, 3.05) is 20.3 Å². The Labute approximate surface area is 128 Å². The number of hydrogen-bond acceptors (Lipinski definition) is 3. The van der Waals surface area contributed by atoms with Gasteiger partial charge in [-0.2, -0.15) is 0 Å². The van der Waals surface area contributed by atoms with Gasteiger partial charge in [0, 0.05) is 38.2 Å². The van der Waals surface area contributed by atoms with Gasteiger partial charge in [0.25, 0.3) is 0 Å². The van der Waals surface area contributed by atoms with E-state index in [1.54, 1.807) is 7.11 Å². The quantitative estimate of drug-likeness (QED) is 0.927. The Morgan fingerprint density at radius 2 is 2.05 bits per heavy atom. The predicted molar refractivity (Wildman–Crippen MR) is 84.7 cm³/mol. The first-order valence-corrected chi connectivity index (χ1v) is 8.44. The predicted octanol–water partition coefficient (Wildman–Crippen LogP) is 2.96. The van der Waals surface area contributed by atoms with Gasteiger partial charge in [0.2, 0.25) is 0 Å². The molecule has 0 bridgehead atoms. The van der Waals surface area contributed by atoms with Crippen LogP contribution in [0.1, 0.15) is 69.1 Å². The number of ether oxygens (including phenoxy) is 1. The molecule has 1 fully saturated rings. The summed E-state index contributed by atoms with van der Waals surface area (Å²) in [4.78, 5) is 5.07. The van der Waals surface area contributed by atoms with E-state index in [-0.39, 0.29) is 5.54 Å². The Hall–Kier alpha value is -0.870. The van der Waals surface area contributed by atoms with Crippen molar-refractivity contribution >= 4 is 0 Å². The number of nitrogens with zero attached hydrogens (tertiary/aromatic N) is 2. The summed E-state index contributed by atoms with van der Waals surface area (Å²) in [6.07, 6.45) is 7.78. The molecule has 2 aliphatic rings. The normalized spacial score (nSPS) is 20.5. The van der Waals surface area contributed by atoms with Crippen molar-refractivity contribution in [1.82, 2.24) is 14.9 Å². The molecule has 4 heteroatoms. The zero-order chi connectivity index (χ0) is 14.9. The molecule has 0 atom stereocenters. The summed E-state index contributed by atoms with van der Waals surface area (Å²) in [7, 11) is 1.80. The molecule has 2 heterocycles. The average molecular weight is 291 g/mol. The third kappa shape index (κ3) is 2.88. The van der Waals surface area contributed by atoms with Gasteiger partial charge in [-0.3, -0.25) is 0 Å². The maximum atomic E-state index is 5.50. The summed E-state index contributed by atoms with van der Waals surface area (Å²) < 4.78 is 8.03. The van der Waals surface area contributed by atoms with E-state index in [0.29, 0.717) is 5.92 Å². The van der Waals surface area contributed by atoms with E-state index >= 15 is 0 Å². The number of imidazole rings is 1. The van der Waals surface area contributed by atoms with Crippen molar-refractivity contribution in [3.63, 3.8) is 0 Å². The first kappa shape index (κ1) is 15.0. The van der Waals surface area contributed by atoms with Crippen molar-refractivity contribution < 1.29 is 4.74 Å². The zero-order valence-electron chi connectivity index (χ0n) is 13.7. The molecular formula is C17H29N3O. The van der Waals surface area contributed by atoms with E-state index in [2.05, 4.69) is 23.7 Å². The first-order valence-electron chi connectivity index (χ1n) is 8.44. The van der Waals surface area contributed by atoms with E-state index in [1.807, 2.05) is 0 Å². The second-order valence-corrected chi connectivity index (χ2v) is 7.21. The molecule has 4 nitrogen and oxygen atoms in total. The fourth-order valence-corrected chi connectivity index (χ4v) is 4.06. The molecule has 1 aliphatic carbocycles. The number of hydrogen-bond donors (Lipinski definition) is 1. The molecule has 0 unspecified atom stereocenters. The molecular weight excluding hydrogens is 262 g/mol. The van der Waals surface area contributed by atoms with Crippen LogP contribution in [0.15, 0.2) is 0 Å². The molecule has 0 amide bonds.